The number of amides is 3. The first-order valence-corrected chi connectivity index (χ1v) is 11.2. The van der Waals surface area contributed by atoms with Crippen molar-refractivity contribution in [1.29, 1.82) is 0 Å². The number of hydrogen-bond donors (Lipinski definition) is 7. The van der Waals surface area contributed by atoms with Crippen LogP contribution in [0, 0.1) is 5.92 Å². The van der Waals surface area contributed by atoms with Crippen LogP contribution in [0.3, 0.4) is 0 Å². The fourth-order valence-electron chi connectivity index (χ4n) is 3.11. The molecule has 1 aromatic carbocycles. The Morgan fingerprint density at radius 2 is 1.42 bits per heavy atom. The quantitative estimate of drug-likeness (QED) is 0.0970. The third-order valence-corrected chi connectivity index (χ3v) is 5.28. The summed E-state index contributed by atoms with van der Waals surface area (Å²) in [4.78, 5) is 81.6. The minimum Gasteiger partial charge on any atom is -0.481 e. The number of rotatable bonds is 17. The fourth-order valence-corrected chi connectivity index (χ4v) is 3.36. The van der Waals surface area contributed by atoms with Crippen molar-refractivity contribution in [1.82, 2.24) is 16.0 Å². The van der Waals surface area contributed by atoms with Gasteiger partial charge in [0.15, 0.2) is 5.78 Å². The lowest BCUT2D eigenvalue weighted by Crippen LogP contribution is -2.47. The Bertz CT molecular complexity index is 983. The number of carboxylic acids is 3. The lowest BCUT2D eigenvalue weighted by molar-refractivity contribution is -0.145. The van der Waals surface area contributed by atoms with E-state index < -0.39 is 72.8 Å². The summed E-state index contributed by atoms with van der Waals surface area (Å²) in [6.07, 6.45) is -2.04. The first-order chi connectivity index (χ1) is 17.0. The van der Waals surface area contributed by atoms with Crippen LogP contribution in [0.2, 0.25) is 0 Å². The van der Waals surface area contributed by atoms with E-state index in [0.717, 1.165) is 5.56 Å². The lowest BCUT2D eigenvalue weighted by atomic mass is 9.93. The number of aliphatic carboxylic acids is 3. The van der Waals surface area contributed by atoms with E-state index in [0.29, 0.717) is 12.0 Å². The summed E-state index contributed by atoms with van der Waals surface area (Å²) in [5, 5.41) is 34.2. The molecule has 6 N–H and O–H groups in total. The summed E-state index contributed by atoms with van der Waals surface area (Å²) < 4.78 is 0. The monoisotopic (exact) mass is 525 g/mol. The second-order valence-corrected chi connectivity index (χ2v) is 8.12. The summed E-state index contributed by atoms with van der Waals surface area (Å²) in [5.41, 5.74) is 1.31. The first-order valence-electron chi connectivity index (χ1n) is 10.6. The van der Waals surface area contributed by atoms with Gasteiger partial charge in [0.2, 0.25) is 18.2 Å². The highest BCUT2D eigenvalue weighted by Crippen LogP contribution is 2.14. The molecule has 0 aliphatic carbocycles. The largest absolute Gasteiger partial charge is 0.481 e. The molecule has 36 heavy (non-hydrogen) atoms. The third kappa shape index (κ3) is 11.0. The molecule has 0 aliphatic rings. The summed E-state index contributed by atoms with van der Waals surface area (Å²) in [6.45, 7) is 0.289. The van der Waals surface area contributed by atoms with Gasteiger partial charge in [0.1, 0.15) is 6.04 Å². The third-order valence-electron chi connectivity index (χ3n) is 4.92. The number of hydrogen-bond acceptors (Lipinski definition) is 8. The van der Waals surface area contributed by atoms with Crippen LogP contribution in [0.15, 0.2) is 24.3 Å². The Labute approximate surface area is 211 Å². The molecule has 0 bridgehead atoms. The van der Waals surface area contributed by atoms with E-state index in [-0.39, 0.29) is 18.7 Å². The van der Waals surface area contributed by atoms with E-state index in [1.807, 2.05) is 0 Å². The molecule has 0 aromatic heterocycles. The van der Waals surface area contributed by atoms with E-state index in [1.54, 1.807) is 24.3 Å². The number of Topliss-reactive ketones (excluding diaryl/α,β-unsaturated/α-hetero) is 1. The van der Waals surface area contributed by atoms with Crippen LogP contribution in [0.1, 0.15) is 30.4 Å². The van der Waals surface area contributed by atoms with Crippen molar-refractivity contribution >= 4 is 54.5 Å². The van der Waals surface area contributed by atoms with Crippen molar-refractivity contribution in [2.45, 2.75) is 44.3 Å². The maximum atomic E-state index is 12.8. The molecule has 0 saturated carbocycles. The van der Waals surface area contributed by atoms with Crippen molar-refractivity contribution in [3.8, 4) is 0 Å². The minimum atomic E-state index is -1.55. The van der Waals surface area contributed by atoms with Gasteiger partial charge in [-0.15, -0.1) is 0 Å². The van der Waals surface area contributed by atoms with Gasteiger partial charge in [-0.25, -0.2) is 4.79 Å². The molecule has 0 aliphatic heterocycles. The molecular weight excluding hydrogens is 498 g/mol. The van der Waals surface area contributed by atoms with Gasteiger partial charge >= 0.3 is 17.9 Å². The smallest absolute Gasteiger partial charge is 0.327 e. The molecule has 0 fully saturated rings. The normalized spacial score (nSPS) is 12.9. The molecule has 0 unspecified atom stereocenters. The maximum Gasteiger partial charge on any atom is 0.327 e. The first kappa shape index (κ1) is 30.1. The number of carbonyl (C=O) groups excluding carboxylic acids is 4. The van der Waals surface area contributed by atoms with Gasteiger partial charge in [0.05, 0.1) is 31.2 Å². The Morgan fingerprint density at radius 3 is 1.92 bits per heavy atom. The van der Waals surface area contributed by atoms with Gasteiger partial charge in [-0.2, -0.15) is 12.6 Å². The second kappa shape index (κ2) is 15.1. The molecule has 13 nitrogen and oxygen atoms in total. The lowest BCUT2D eigenvalue weighted by Gasteiger charge is -2.21. The molecule has 1 rings (SSSR count). The number of nitrogens with one attached hydrogen (secondary N) is 3. The van der Waals surface area contributed by atoms with Gasteiger partial charge in [-0.1, -0.05) is 24.3 Å². The van der Waals surface area contributed by atoms with Crippen molar-refractivity contribution in [3.63, 3.8) is 0 Å². The average Bonchev–Trinajstić information content (AvgIpc) is 2.80. The Balaban J connectivity index is 2.92. The molecule has 14 heteroatoms. The molecular formula is C22H27N3O10S. The highest BCUT2D eigenvalue weighted by atomic mass is 32.1. The predicted octanol–water partition coefficient (Wildman–Crippen LogP) is -1.02. The Kier molecular flexibility index (Phi) is 12.7. The Morgan fingerprint density at radius 1 is 0.833 bits per heavy atom. The zero-order valence-electron chi connectivity index (χ0n) is 19.0. The SMILES string of the molecule is O=CNCc1ccc(CC(=O)N[C@H](CC(=O)O)C(=O)C[C@@H](CC(=O)O)C(=O)N[C@@H](CS)C(=O)O)cc1. The summed E-state index contributed by atoms with van der Waals surface area (Å²) in [7, 11) is 0. The number of ketones is 1. The molecule has 3 atom stereocenters. The van der Waals surface area contributed by atoms with Crippen molar-refractivity contribution in [2.24, 2.45) is 5.92 Å². The van der Waals surface area contributed by atoms with Crippen LogP contribution >= 0.6 is 12.6 Å². The zero-order valence-corrected chi connectivity index (χ0v) is 19.9. The molecule has 0 radical (unpaired) electrons. The van der Waals surface area contributed by atoms with Crippen LogP contribution in [-0.2, 0) is 46.5 Å². The van der Waals surface area contributed by atoms with E-state index in [2.05, 4.69) is 28.6 Å². The van der Waals surface area contributed by atoms with Crippen molar-refractivity contribution in [2.75, 3.05) is 5.75 Å². The van der Waals surface area contributed by atoms with Crippen LogP contribution in [0.25, 0.3) is 0 Å². The van der Waals surface area contributed by atoms with E-state index in [4.69, 9.17) is 15.3 Å². The molecule has 0 saturated heterocycles. The minimum absolute atomic E-state index is 0.202. The summed E-state index contributed by atoms with van der Waals surface area (Å²) in [6, 6.07) is 3.59. The molecule has 0 spiro atoms. The van der Waals surface area contributed by atoms with Crippen LogP contribution in [0.5, 0.6) is 0 Å². The van der Waals surface area contributed by atoms with Crippen LogP contribution < -0.4 is 16.0 Å². The van der Waals surface area contributed by atoms with Gasteiger partial charge in [-0.05, 0) is 11.1 Å². The summed E-state index contributed by atoms with van der Waals surface area (Å²) in [5.74, 6) is -8.68. The van der Waals surface area contributed by atoms with Crippen LogP contribution in [0.4, 0.5) is 0 Å². The summed E-state index contributed by atoms with van der Waals surface area (Å²) >= 11 is 3.80. The van der Waals surface area contributed by atoms with E-state index in [9.17, 15) is 33.6 Å². The standard InChI is InChI=1S/C22H27N3O10S/c26-11-23-9-13-3-1-12(2-4-13)5-18(28)24-15(8-20(31)32)17(27)6-14(7-19(29)30)21(33)25-16(10-36)22(34)35/h1-4,11,14-16,36H,5-10H2,(H,23,26)(H,24,28)(H,25,33)(H,29,30)(H,31,32)(H,34,35)/t14-,15+,16-/m0/s1. The maximum absolute atomic E-state index is 12.8. The van der Waals surface area contributed by atoms with E-state index >= 15 is 0 Å². The number of carbonyl (C=O) groups is 7. The van der Waals surface area contributed by atoms with Crippen molar-refractivity contribution < 1.29 is 48.9 Å². The Hall–Kier alpha value is -3.94. The van der Waals surface area contributed by atoms with Crippen LogP contribution in [-0.4, -0.2) is 75.1 Å². The number of benzene rings is 1. The van der Waals surface area contributed by atoms with Gasteiger partial charge < -0.3 is 31.3 Å². The van der Waals surface area contributed by atoms with Gasteiger partial charge in [0.25, 0.3) is 0 Å². The highest BCUT2D eigenvalue weighted by Gasteiger charge is 2.32. The highest BCUT2D eigenvalue weighted by molar-refractivity contribution is 7.80. The predicted molar refractivity (Wildman–Crippen MR) is 126 cm³/mol. The average molecular weight is 526 g/mol. The molecule has 196 valence electrons. The van der Waals surface area contributed by atoms with Gasteiger partial charge in [-0.3, -0.25) is 28.8 Å². The molecule has 3 amide bonds. The fraction of sp³-hybridized carbons (Fsp3) is 0.409. The number of thiol groups is 1. The molecule has 1 aromatic rings. The van der Waals surface area contributed by atoms with E-state index in [1.165, 1.54) is 0 Å². The zero-order chi connectivity index (χ0) is 27.3. The van der Waals surface area contributed by atoms with Gasteiger partial charge in [0, 0.05) is 18.7 Å². The van der Waals surface area contributed by atoms with Crippen molar-refractivity contribution in [3.05, 3.63) is 35.4 Å². The number of carboxylic acid groups (broad SMARTS) is 3. The topological polar surface area (TPSA) is 216 Å². The second-order valence-electron chi connectivity index (χ2n) is 7.76. The molecule has 0 heterocycles.